The van der Waals surface area contributed by atoms with Gasteiger partial charge in [0, 0.05) is 18.8 Å². The molecule has 0 aliphatic carbocycles. The summed E-state index contributed by atoms with van der Waals surface area (Å²) in [7, 11) is 0. The number of aromatic nitrogens is 1. The van der Waals surface area contributed by atoms with E-state index in [9.17, 15) is 4.79 Å². The fourth-order valence-electron chi connectivity index (χ4n) is 1.48. The number of ketones is 1. The molecule has 2 aromatic rings. The van der Waals surface area contributed by atoms with Gasteiger partial charge in [-0.15, -0.1) is 11.3 Å². The second-order valence-corrected chi connectivity index (χ2v) is 4.50. The van der Waals surface area contributed by atoms with E-state index < -0.39 is 0 Å². The van der Waals surface area contributed by atoms with Crippen molar-refractivity contribution in [2.45, 2.75) is 20.4 Å². The average molecular weight is 250 g/mol. The van der Waals surface area contributed by atoms with Crippen LogP contribution in [0, 0.1) is 0 Å². The Labute approximate surface area is 104 Å². The number of furan rings is 1. The van der Waals surface area contributed by atoms with Gasteiger partial charge in [-0.2, -0.15) is 0 Å². The van der Waals surface area contributed by atoms with Gasteiger partial charge in [-0.3, -0.25) is 4.79 Å². The van der Waals surface area contributed by atoms with E-state index >= 15 is 0 Å². The lowest BCUT2D eigenvalue weighted by Gasteiger charge is -2.17. The molecule has 0 saturated carbocycles. The van der Waals surface area contributed by atoms with Crippen molar-refractivity contribution >= 4 is 22.3 Å². The molecule has 90 valence electrons. The third-order valence-corrected chi connectivity index (χ3v) is 3.33. The number of carbonyl (C=O) groups excluding carboxylic acids is 1. The highest BCUT2D eigenvalue weighted by atomic mass is 32.1. The van der Waals surface area contributed by atoms with Crippen LogP contribution in [0.1, 0.15) is 30.1 Å². The quantitative estimate of drug-likeness (QED) is 0.765. The molecule has 0 atom stereocenters. The number of hydrogen-bond acceptors (Lipinski definition) is 5. The van der Waals surface area contributed by atoms with E-state index in [0.717, 1.165) is 17.4 Å². The van der Waals surface area contributed by atoms with Crippen molar-refractivity contribution in [2.24, 2.45) is 0 Å². The van der Waals surface area contributed by atoms with E-state index in [2.05, 4.69) is 16.8 Å². The Hall–Kier alpha value is -1.62. The van der Waals surface area contributed by atoms with Gasteiger partial charge in [0.1, 0.15) is 11.5 Å². The van der Waals surface area contributed by atoms with Crippen molar-refractivity contribution in [3.8, 4) is 0 Å². The Morgan fingerprint density at radius 1 is 1.59 bits per heavy atom. The van der Waals surface area contributed by atoms with Gasteiger partial charge in [0.15, 0.2) is 10.9 Å². The van der Waals surface area contributed by atoms with E-state index in [1.165, 1.54) is 18.3 Å². The number of anilines is 1. The molecule has 4 nitrogen and oxygen atoms in total. The number of hydrogen-bond donors (Lipinski definition) is 0. The number of nitrogens with zero attached hydrogens (tertiary/aromatic N) is 2. The summed E-state index contributed by atoms with van der Waals surface area (Å²) in [6.07, 6.45) is 1.66. The number of rotatable bonds is 5. The molecule has 0 aromatic carbocycles. The zero-order valence-corrected chi connectivity index (χ0v) is 10.7. The molecule has 0 bridgehead atoms. The van der Waals surface area contributed by atoms with Crippen molar-refractivity contribution in [3.05, 3.63) is 35.2 Å². The fourth-order valence-corrected chi connectivity index (χ4v) is 2.41. The topological polar surface area (TPSA) is 46.3 Å². The molecule has 0 unspecified atom stereocenters. The van der Waals surface area contributed by atoms with Crippen LogP contribution >= 0.6 is 11.3 Å². The van der Waals surface area contributed by atoms with Crippen LogP contribution in [-0.2, 0) is 6.54 Å². The van der Waals surface area contributed by atoms with E-state index in [0.29, 0.717) is 12.2 Å². The molecule has 0 saturated heterocycles. The Balaban J connectivity index is 2.14. The molecular formula is C12H14N2O2S. The second kappa shape index (κ2) is 5.14. The molecular weight excluding hydrogens is 236 g/mol. The third kappa shape index (κ3) is 2.74. The largest absolute Gasteiger partial charge is 0.467 e. The summed E-state index contributed by atoms with van der Waals surface area (Å²) in [5, 5.41) is 2.65. The molecule has 2 aromatic heterocycles. The van der Waals surface area contributed by atoms with Crippen LogP contribution in [-0.4, -0.2) is 17.3 Å². The smallest absolute Gasteiger partial charge is 0.186 e. The van der Waals surface area contributed by atoms with Gasteiger partial charge in [0.2, 0.25) is 0 Å². The minimum atomic E-state index is 0.00144. The average Bonchev–Trinajstić information content (AvgIpc) is 2.96. The lowest BCUT2D eigenvalue weighted by atomic mass is 10.3. The number of Topliss-reactive ketones (excluding diaryl/α,β-unsaturated/α-hetero) is 1. The molecule has 2 heterocycles. The lowest BCUT2D eigenvalue weighted by molar-refractivity contribution is 0.101. The van der Waals surface area contributed by atoms with Crippen LogP contribution in [0.25, 0.3) is 0 Å². The summed E-state index contributed by atoms with van der Waals surface area (Å²) in [6, 6.07) is 3.80. The molecule has 0 N–H and O–H groups in total. The Morgan fingerprint density at radius 2 is 2.41 bits per heavy atom. The van der Waals surface area contributed by atoms with Crippen molar-refractivity contribution < 1.29 is 9.21 Å². The number of carbonyl (C=O) groups is 1. The zero-order valence-electron chi connectivity index (χ0n) is 9.84. The van der Waals surface area contributed by atoms with Gasteiger partial charge in [0.05, 0.1) is 12.8 Å². The predicted molar refractivity (Wildman–Crippen MR) is 67.6 cm³/mol. The first-order valence-electron chi connectivity index (χ1n) is 5.44. The van der Waals surface area contributed by atoms with Crippen molar-refractivity contribution in [3.63, 3.8) is 0 Å². The van der Waals surface area contributed by atoms with Crippen molar-refractivity contribution in [1.82, 2.24) is 4.98 Å². The highest BCUT2D eigenvalue weighted by Gasteiger charge is 2.13. The van der Waals surface area contributed by atoms with Crippen LogP contribution in [0.3, 0.4) is 0 Å². The van der Waals surface area contributed by atoms with Gasteiger partial charge in [-0.1, -0.05) is 0 Å². The fraction of sp³-hybridized carbons (Fsp3) is 0.333. The molecule has 0 aliphatic rings. The maximum absolute atomic E-state index is 11.2. The Morgan fingerprint density at radius 3 is 2.94 bits per heavy atom. The van der Waals surface area contributed by atoms with Gasteiger partial charge in [-0.25, -0.2) is 4.98 Å². The first-order chi connectivity index (χ1) is 8.20. The molecule has 5 heteroatoms. The van der Waals surface area contributed by atoms with Crippen LogP contribution in [0.4, 0.5) is 5.13 Å². The van der Waals surface area contributed by atoms with Crippen LogP contribution < -0.4 is 4.90 Å². The predicted octanol–water partition coefficient (Wildman–Crippen LogP) is 2.97. The highest BCUT2D eigenvalue weighted by Crippen LogP contribution is 2.22. The van der Waals surface area contributed by atoms with Crippen molar-refractivity contribution in [1.29, 1.82) is 0 Å². The van der Waals surface area contributed by atoms with Crippen molar-refractivity contribution in [2.75, 3.05) is 11.4 Å². The first kappa shape index (κ1) is 11.9. The first-order valence-corrected chi connectivity index (χ1v) is 6.32. The lowest BCUT2D eigenvalue weighted by Crippen LogP contribution is -2.21. The molecule has 0 amide bonds. The van der Waals surface area contributed by atoms with Gasteiger partial charge in [-0.05, 0) is 19.1 Å². The summed E-state index contributed by atoms with van der Waals surface area (Å²) in [5.41, 5.74) is 0.530. The maximum atomic E-state index is 11.2. The monoisotopic (exact) mass is 250 g/mol. The summed E-state index contributed by atoms with van der Waals surface area (Å²) in [4.78, 5) is 17.6. The van der Waals surface area contributed by atoms with Gasteiger partial charge >= 0.3 is 0 Å². The Bertz CT molecular complexity index is 490. The molecule has 0 spiro atoms. The second-order valence-electron chi connectivity index (χ2n) is 3.67. The van der Waals surface area contributed by atoms with Crippen LogP contribution in [0.5, 0.6) is 0 Å². The third-order valence-electron chi connectivity index (χ3n) is 2.43. The van der Waals surface area contributed by atoms with E-state index in [4.69, 9.17) is 4.42 Å². The zero-order chi connectivity index (χ0) is 12.3. The van der Waals surface area contributed by atoms with Gasteiger partial charge < -0.3 is 9.32 Å². The van der Waals surface area contributed by atoms with E-state index in [-0.39, 0.29) is 5.78 Å². The minimum absolute atomic E-state index is 0.00144. The summed E-state index contributed by atoms with van der Waals surface area (Å²) >= 11 is 1.48. The highest BCUT2D eigenvalue weighted by molar-refractivity contribution is 7.13. The van der Waals surface area contributed by atoms with Crippen LogP contribution in [0.2, 0.25) is 0 Å². The van der Waals surface area contributed by atoms with Crippen LogP contribution in [0.15, 0.2) is 28.2 Å². The minimum Gasteiger partial charge on any atom is -0.467 e. The summed E-state index contributed by atoms with van der Waals surface area (Å²) in [5.74, 6) is 0.896. The standard InChI is InChI=1S/C12H14N2O2S/c1-3-14(7-10-5-4-6-16-10)12-13-11(8-17-12)9(2)15/h4-6,8H,3,7H2,1-2H3. The van der Waals surface area contributed by atoms with E-state index in [1.54, 1.807) is 11.6 Å². The molecule has 17 heavy (non-hydrogen) atoms. The number of thiazole rings is 1. The van der Waals surface area contributed by atoms with Gasteiger partial charge in [0.25, 0.3) is 0 Å². The molecule has 0 fully saturated rings. The molecule has 0 radical (unpaired) electrons. The Kier molecular flexibility index (Phi) is 3.58. The molecule has 0 aliphatic heterocycles. The maximum Gasteiger partial charge on any atom is 0.186 e. The summed E-state index contributed by atoms with van der Waals surface area (Å²) < 4.78 is 5.31. The summed E-state index contributed by atoms with van der Waals surface area (Å²) in [6.45, 7) is 5.08. The molecule has 2 rings (SSSR count). The normalized spacial score (nSPS) is 10.5. The SMILES string of the molecule is CCN(Cc1ccco1)c1nc(C(C)=O)cs1. The van der Waals surface area contributed by atoms with E-state index in [1.807, 2.05) is 12.1 Å².